The van der Waals surface area contributed by atoms with Gasteiger partial charge in [0, 0.05) is 25.4 Å². The van der Waals surface area contributed by atoms with Crippen LogP contribution in [0, 0.1) is 0 Å². The molecule has 0 radical (unpaired) electrons. The van der Waals surface area contributed by atoms with Crippen LogP contribution in [-0.2, 0) is 4.79 Å². The fourth-order valence-electron chi connectivity index (χ4n) is 3.13. The Morgan fingerprint density at radius 3 is 2.75 bits per heavy atom. The molecule has 1 fully saturated rings. The molecule has 1 unspecified atom stereocenters. The number of rotatable bonds is 5. The third-order valence-corrected chi connectivity index (χ3v) is 4.41. The number of carbonyl (C=O) groups excluding carboxylic acids is 2. The number of hydrogen-bond acceptors (Lipinski definition) is 4. The van der Waals surface area contributed by atoms with Crippen LogP contribution in [0.4, 0.5) is 0 Å². The Bertz CT molecular complexity index is 709. The minimum atomic E-state index is -0.540. The summed E-state index contributed by atoms with van der Waals surface area (Å²) in [5.41, 5.74) is 1.12. The van der Waals surface area contributed by atoms with Crippen molar-refractivity contribution in [3.63, 3.8) is 0 Å². The first kappa shape index (κ1) is 16.4. The summed E-state index contributed by atoms with van der Waals surface area (Å²) in [6.07, 6.45) is 6.28. The Kier molecular flexibility index (Phi) is 5.05. The first-order chi connectivity index (χ1) is 11.7. The molecule has 6 nitrogen and oxygen atoms in total. The van der Waals surface area contributed by atoms with E-state index in [4.69, 9.17) is 5.11 Å². The smallest absolute Gasteiger partial charge is 0.295 e. The Morgan fingerprint density at radius 1 is 1.21 bits per heavy atom. The predicted molar refractivity (Wildman–Crippen MR) is 88.9 cm³/mol. The average Bonchev–Trinajstić information content (AvgIpc) is 3.12. The zero-order valence-electron chi connectivity index (χ0n) is 13.5. The highest BCUT2D eigenvalue weighted by Crippen LogP contribution is 2.21. The summed E-state index contributed by atoms with van der Waals surface area (Å²) >= 11 is 0. The Hall–Kier alpha value is -2.47. The van der Waals surface area contributed by atoms with Crippen molar-refractivity contribution >= 4 is 11.7 Å². The zero-order chi connectivity index (χ0) is 16.9. The van der Waals surface area contributed by atoms with E-state index >= 15 is 0 Å². The van der Waals surface area contributed by atoms with E-state index in [0.29, 0.717) is 13.0 Å². The number of nitrogens with zero attached hydrogens (tertiary/aromatic N) is 3. The van der Waals surface area contributed by atoms with Crippen molar-refractivity contribution in [3.8, 4) is 5.69 Å². The molecule has 0 aliphatic carbocycles. The summed E-state index contributed by atoms with van der Waals surface area (Å²) in [4.78, 5) is 26.7. The first-order valence-corrected chi connectivity index (χ1v) is 8.27. The summed E-state index contributed by atoms with van der Waals surface area (Å²) in [7, 11) is 0. The van der Waals surface area contributed by atoms with Crippen molar-refractivity contribution in [1.82, 2.24) is 14.7 Å². The minimum Gasteiger partial charge on any atom is -0.396 e. The number of ketones is 1. The lowest BCUT2D eigenvalue weighted by Crippen LogP contribution is -2.47. The number of aliphatic hydroxyl groups excluding tert-OH is 1. The average molecular weight is 327 g/mol. The van der Waals surface area contributed by atoms with E-state index in [-0.39, 0.29) is 18.2 Å². The zero-order valence-corrected chi connectivity index (χ0v) is 13.5. The topological polar surface area (TPSA) is 75.4 Å². The summed E-state index contributed by atoms with van der Waals surface area (Å²) < 4.78 is 1.59. The first-order valence-electron chi connectivity index (χ1n) is 8.27. The Labute approximate surface area is 140 Å². The van der Waals surface area contributed by atoms with Crippen LogP contribution in [0.15, 0.2) is 42.7 Å². The number of aromatic nitrogens is 2. The maximum atomic E-state index is 12.6. The molecule has 1 amide bonds. The van der Waals surface area contributed by atoms with E-state index in [0.717, 1.165) is 24.9 Å². The molecule has 0 saturated carbocycles. The van der Waals surface area contributed by atoms with Crippen molar-refractivity contribution < 1.29 is 14.7 Å². The Morgan fingerprint density at radius 2 is 2.00 bits per heavy atom. The molecule has 2 heterocycles. The summed E-state index contributed by atoms with van der Waals surface area (Å²) in [6.45, 7) is 0.594. The SMILES string of the molecule is O=C(C(=O)N1CCCCC1CCO)c1cnn(-c2ccccc2)c1. The molecule has 1 N–H and O–H groups in total. The van der Waals surface area contributed by atoms with Gasteiger partial charge >= 0.3 is 0 Å². The van der Waals surface area contributed by atoms with Crippen LogP contribution in [0.1, 0.15) is 36.0 Å². The van der Waals surface area contributed by atoms with Crippen LogP contribution in [0.5, 0.6) is 0 Å². The molecule has 2 aromatic rings. The minimum absolute atomic E-state index is 0.0224. The number of Topliss-reactive ketones (excluding diaryl/α,β-unsaturated/α-hetero) is 1. The van der Waals surface area contributed by atoms with E-state index in [2.05, 4.69) is 5.10 Å². The second-order valence-electron chi connectivity index (χ2n) is 6.00. The lowest BCUT2D eigenvalue weighted by atomic mass is 9.98. The van der Waals surface area contributed by atoms with E-state index in [1.165, 1.54) is 6.20 Å². The van der Waals surface area contributed by atoms with Gasteiger partial charge < -0.3 is 10.0 Å². The van der Waals surface area contributed by atoms with Gasteiger partial charge in [0.25, 0.3) is 11.7 Å². The summed E-state index contributed by atoms with van der Waals surface area (Å²) in [5.74, 6) is -1.04. The number of aliphatic hydroxyl groups is 1. The van der Waals surface area contributed by atoms with Crippen LogP contribution in [0.25, 0.3) is 5.69 Å². The monoisotopic (exact) mass is 327 g/mol. The van der Waals surface area contributed by atoms with E-state index in [1.54, 1.807) is 15.8 Å². The van der Waals surface area contributed by atoms with Gasteiger partial charge in [-0.05, 0) is 37.8 Å². The van der Waals surface area contributed by atoms with Crippen molar-refractivity contribution in [3.05, 3.63) is 48.3 Å². The maximum absolute atomic E-state index is 12.6. The van der Waals surface area contributed by atoms with Gasteiger partial charge in [0.15, 0.2) is 0 Å². The largest absolute Gasteiger partial charge is 0.396 e. The summed E-state index contributed by atoms with van der Waals surface area (Å²) in [6, 6.07) is 9.38. The van der Waals surface area contributed by atoms with E-state index < -0.39 is 11.7 Å². The van der Waals surface area contributed by atoms with Gasteiger partial charge in [-0.25, -0.2) is 4.68 Å². The normalized spacial score (nSPS) is 17.7. The molecular weight excluding hydrogens is 306 g/mol. The standard InChI is InChI=1S/C18H21N3O3/c22-11-9-15-6-4-5-10-20(15)18(24)17(23)14-12-19-21(13-14)16-7-2-1-3-8-16/h1-3,7-8,12-13,15,22H,4-6,9-11H2. The number of benzene rings is 1. The van der Waals surface area contributed by atoms with Gasteiger partial charge in [0.1, 0.15) is 0 Å². The van der Waals surface area contributed by atoms with Crippen molar-refractivity contribution in [2.24, 2.45) is 0 Å². The van der Waals surface area contributed by atoms with E-state index in [1.807, 2.05) is 30.3 Å². The molecule has 126 valence electrons. The van der Waals surface area contributed by atoms with Crippen LogP contribution >= 0.6 is 0 Å². The molecular formula is C18H21N3O3. The molecule has 1 aromatic carbocycles. The van der Waals surface area contributed by atoms with Crippen LogP contribution in [0.2, 0.25) is 0 Å². The fourth-order valence-corrected chi connectivity index (χ4v) is 3.13. The van der Waals surface area contributed by atoms with Gasteiger partial charge in [-0.3, -0.25) is 9.59 Å². The van der Waals surface area contributed by atoms with Gasteiger partial charge in [0.2, 0.25) is 0 Å². The molecule has 0 bridgehead atoms. The van der Waals surface area contributed by atoms with Crippen molar-refractivity contribution in [1.29, 1.82) is 0 Å². The molecule has 1 atom stereocenters. The number of amides is 1. The molecule has 1 aliphatic rings. The third-order valence-electron chi connectivity index (χ3n) is 4.41. The quantitative estimate of drug-likeness (QED) is 0.671. The van der Waals surface area contributed by atoms with Gasteiger partial charge in [0.05, 0.1) is 17.4 Å². The molecule has 1 aliphatic heterocycles. The van der Waals surface area contributed by atoms with Gasteiger partial charge in [-0.15, -0.1) is 0 Å². The number of para-hydroxylation sites is 1. The molecule has 0 spiro atoms. The molecule has 24 heavy (non-hydrogen) atoms. The highest BCUT2D eigenvalue weighted by molar-refractivity contribution is 6.42. The number of carbonyl (C=O) groups is 2. The molecule has 1 saturated heterocycles. The Balaban J connectivity index is 1.76. The van der Waals surface area contributed by atoms with Gasteiger partial charge in [-0.1, -0.05) is 18.2 Å². The van der Waals surface area contributed by atoms with E-state index in [9.17, 15) is 9.59 Å². The number of hydrogen-bond donors (Lipinski definition) is 1. The van der Waals surface area contributed by atoms with Crippen LogP contribution < -0.4 is 0 Å². The maximum Gasteiger partial charge on any atom is 0.295 e. The highest BCUT2D eigenvalue weighted by atomic mass is 16.3. The third kappa shape index (κ3) is 3.38. The molecule has 3 rings (SSSR count). The number of piperidine rings is 1. The summed E-state index contributed by atoms with van der Waals surface area (Å²) in [5, 5.41) is 13.3. The predicted octanol–water partition coefficient (Wildman–Crippen LogP) is 1.82. The molecule has 1 aromatic heterocycles. The number of likely N-dealkylation sites (tertiary alicyclic amines) is 1. The second kappa shape index (κ2) is 7.40. The molecule has 6 heteroatoms. The second-order valence-corrected chi connectivity index (χ2v) is 6.00. The van der Waals surface area contributed by atoms with Crippen molar-refractivity contribution in [2.45, 2.75) is 31.7 Å². The lowest BCUT2D eigenvalue weighted by molar-refractivity contribution is -0.130. The fraction of sp³-hybridized carbons (Fsp3) is 0.389. The van der Waals surface area contributed by atoms with Crippen LogP contribution in [0.3, 0.4) is 0 Å². The highest BCUT2D eigenvalue weighted by Gasteiger charge is 2.31. The van der Waals surface area contributed by atoms with Crippen molar-refractivity contribution in [2.75, 3.05) is 13.2 Å². The van der Waals surface area contributed by atoms with Crippen LogP contribution in [-0.4, -0.2) is 50.7 Å². The van der Waals surface area contributed by atoms with Gasteiger partial charge in [-0.2, -0.15) is 5.10 Å². The lowest BCUT2D eigenvalue weighted by Gasteiger charge is -2.34.